The summed E-state index contributed by atoms with van der Waals surface area (Å²) in [6.07, 6.45) is 0.833. The van der Waals surface area contributed by atoms with Crippen LogP contribution in [0.1, 0.15) is 0 Å². The Hall–Kier alpha value is -1.06. The molecule has 0 saturated carbocycles. The second kappa shape index (κ2) is 2.19. The van der Waals surface area contributed by atoms with Gasteiger partial charge in [-0.3, -0.25) is 5.41 Å². The molecule has 0 fully saturated rings. The first-order valence-corrected chi connectivity index (χ1v) is 1.29. The van der Waals surface area contributed by atoms with Gasteiger partial charge in [0.2, 0.25) is 0 Å². The molecular formula is C2H5N3O. The number of oxime groups is 1. The highest BCUT2D eigenvalue weighted by Gasteiger charge is 1.70. The fourth-order valence-corrected chi connectivity index (χ4v) is 0.0622. The van der Waals surface area contributed by atoms with E-state index in [0.717, 1.165) is 6.21 Å². The average molecular weight is 87.1 g/mol. The largest absolute Gasteiger partial charge is 0.411 e. The molecule has 4 heteroatoms. The topological polar surface area (TPSA) is 82.5 Å². The number of rotatable bonds is 1. The van der Waals surface area contributed by atoms with Gasteiger partial charge in [-0.15, -0.1) is 0 Å². The van der Waals surface area contributed by atoms with Crippen molar-refractivity contribution in [3.8, 4) is 0 Å². The quantitative estimate of drug-likeness (QED) is 0.172. The van der Waals surface area contributed by atoms with Crippen LogP contribution in [0.2, 0.25) is 0 Å². The first-order valence-electron chi connectivity index (χ1n) is 1.29. The lowest BCUT2D eigenvalue weighted by molar-refractivity contribution is 0.322. The molecule has 0 amide bonds. The molecule has 0 bridgehead atoms. The third kappa shape index (κ3) is 2.94. The van der Waals surface area contributed by atoms with Gasteiger partial charge in [0, 0.05) is 0 Å². The van der Waals surface area contributed by atoms with Gasteiger partial charge < -0.3 is 10.9 Å². The fraction of sp³-hybridized carbons (Fsp3) is 0. The third-order valence-electron chi connectivity index (χ3n) is 0.197. The van der Waals surface area contributed by atoms with E-state index in [2.05, 4.69) is 10.9 Å². The average Bonchev–Trinajstić information content (AvgIpc) is 1.35. The molecule has 0 aromatic heterocycles. The van der Waals surface area contributed by atoms with Crippen LogP contribution in [0, 0.1) is 5.41 Å². The Bertz CT molecular complexity index is 76.9. The minimum atomic E-state index is -0.252. The normalized spacial score (nSPS) is 9.33. The van der Waals surface area contributed by atoms with E-state index in [1.54, 1.807) is 0 Å². The highest BCUT2D eigenvalue weighted by molar-refractivity contribution is 6.26. The predicted octanol–water partition coefficient (Wildman–Crippen LogP) is -0.618. The van der Waals surface area contributed by atoms with Crippen molar-refractivity contribution in [2.45, 2.75) is 0 Å². The molecule has 0 aliphatic rings. The second-order valence-electron chi connectivity index (χ2n) is 0.700. The lowest BCUT2D eigenvalue weighted by Gasteiger charge is -1.73. The first kappa shape index (κ1) is 4.94. The summed E-state index contributed by atoms with van der Waals surface area (Å²) in [6.45, 7) is 0. The molecule has 0 unspecified atom stereocenters. The maximum absolute atomic E-state index is 7.59. The van der Waals surface area contributed by atoms with E-state index in [-0.39, 0.29) is 5.84 Å². The Balaban J connectivity index is 3.30. The van der Waals surface area contributed by atoms with Crippen molar-refractivity contribution in [1.82, 2.24) is 0 Å². The molecule has 0 spiro atoms. The van der Waals surface area contributed by atoms with Crippen molar-refractivity contribution in [2.24, 2.45) is 10.9 Å². The summed E-state index contributed by atoms with van der Waals surface area (Å²) < 4.78 is 0. The Morgan fingerprint density at radius 1 is 2.00 bits per heavy atom. The summed E-state index contributed by atoms with van der Waals surface area (Å²) in [7, 11) is 0. The minimum Gasteiger partial charge on any atom is -0.411 e. The number of hydrogen-bond acceptors (Lipinski definition) is 3. The molecule has 0 saturated heterocycles. The van der Waals surface area contributed by atoms with Crippen LogP contribution in [0.25, 0.3) is 0 Å². The zero-order valence-electron chi connectivity index (χ0n) is 3.05. The van der Waals surface area contributed by atoms with E-state index in [1.807, 2.05) is 0 Å². The number of nitrogens with two attached hydrogens (primary N) is 1. The molecule has 6 heavy (non-hydrogen) atoms. The smallest absolute Gasteiger partial charge is 0.137 e. The Kier molecular flexibility index (Phi) is 1.81. The van der Waals surface area contributed by atoms with Gasteiger partial charge >= 0.3 is 0 Å². The molecule has 0 radical (unpaired) electrons. The summed E-state index contributed by atoms with van der Waals surface area (Å²) >= 11 is 0. The van der Waals surface area contributed by atoms with Crippen molar-refractivity contribution in [3.63, 3.8) is 0 Å². The van der Waals surface area contributed by atoms with Crippen molar-refractivity contribution in [1.29, 1.82) is 5.41 Å². The number of nitrogens with zero attached hydrogens (tertiary/aromatic N) is 1. The van der Waals surface area contributed by atoms with Gasteiger partial charge in [-0.2, -0.15) is 0 Å². The van der Waals surface area contributed by atoms with Crippen LogP contribution in [0.4, 0.5) is 0 Å². The molecule has 4 nitrogen and oxygen atoms in total. The summed E-state index contributed by atoms with van der Waals surface area (Å²) in [5.41, 5.74) is 4.68. The van der Waals surface area contributed by atoms with Gasteiger partial charge in [-0.25, -0.2) is 0 Å². The molecule has 0 atom stereocenters. The molecule has 0 aromatic carbocycles. The monoisotopic (exact) mass is 87.0 g/mol. The van der Waals surface area contributed by atoms with Crippen molar-refractivity contribution < 1.29 is 5.21 Å². The maximum atomic E-state index is 7.59. The van der Waals surface area contributed by atoms with Crippen LogP contribution < -0.4 is 5.73 Å². The van der Waals surface area contributed by atoms with E-state index >= 15 is 0 Å². The fourth-order valence-electron chi connectivity index (χ4n) is 0.0622. The lowest BCUT2D eigenvalue weighted by atomic mass is 10.7. The zero-order chi connectivity index (χ0) is 4.99. The van der Waals surface area contributed by atoms with E-state index < -0.39 is 0 Å². The summed E-state index contributed by atoms with van der Waals surface area (Å²) in [4.78, 5) is 0. The lowest BCUT2D eigenvalue weighted by Crippen LogP contribution is -2.09. The summed E-state index contributed by atoms with van der Waals surface area (Å²) in [6, 6.07) is 0. The van der Waals surface area contributed by atoms with Gasteiger partial charge in [0.05, 0.1) is 0 Å². The van der Waals surface area contributed by atoms with Crippen LogP contribution in [-0.4, -0.2) is 17.3 Å². The molecule has 0 aliphatic carbocycles. The molecule has 4 N–H and O–H groups in total. The van der Waals surface area contributed by atoms with Crippen LogP contribution in [0.15, 0.2) is 5.16 Å². The Labute approximate surface area is 34.8 Å². The van der Waals surface area contributed by atoms with E-state index in [4.69, 9.17) is 10.6 Å². The standard InChI is InChI=1S/C2H5N3O/c3-2(4)1-5-6/h1,6H,(H3,3,4)/b5-1+. The van der Waals surface area contributed by atoms with Crippen molar-refractivity contribution in [3.05, 3.63) is 0 Å². The Morgan fingerprint density at radius 3 is 2.50 bits per heavy atom. The van der Waals surface area contributed by atoms with Crippen LogP contribution in [0.3, 0.4) is 0 Å². The molecular weight excluding hydrogens is 82.0 g/mol. The summed E-state index contributed by atoms with van der Waals surface area (Å²) in [5, 5.41) is 16.4. The number of hydrogen-bond donors (Lipinski definition) is 3. The molecule has 0 rings (SSSR count). The van der Waals surface area contributed by atoms with Crippen LogP contribution in [-0.2, 0) is 0 Å². The van der Waals surface area contributed by atoms with Gasteiger partial charge in [0.15, 0.2) is 0 Å². The number of nitrogens with one attached hydrogen (secondary N) is 1. The van der Waals surface area contributed by atoms with Crippen LogP contribution >= 0.6 is 0 Å². The molecule has 0 heterocycles. The molecule has 34 valence electrons. The predicted molar refractivity (Wildman–Crippen MR) is 22.2 cm³/mol. The maximum Gasteiger partial charge on any atom is 0.137 e. The van der Waals surface area contributed by atoms with Crippen molar-refractivity contribution >= 4 is 12.1 Å². The Morgan fingerprint density at radius 2 is 2.50 bits per heavy atom. The van der Waals surface area contributed by atoms with E-state index in [9.17, 15) is 0 Å². The van der Waals surface area contributed by atoms with Gasteiger partial charge in [0.1, 0.15) is 12.1 Å². The van der Waals surface area contributed by atoms with E-state index in [0.29, 0.717) is 0 Å². The molecule has 0 aromatic rings. The highest BCUT2D eigenvalue weighted by atomic mass is 16.4. The van der Waals surface area contributed by atoms with Crippen LogP contribution in [0.5, 0.6) is 0 Å². The number of amidine groups is 1. The van der Waals surface area contributed by atoms with Gasteiger partial charge in [-0.1, -0.05) is 5.16 Å². The van der Waals surface area contributed by atoms with Gasteiger partial charge in [0.25, 0.3) is 0 Å². The zero-order valence-corrected chi connectivity index (χ0v) is 3.05. The van der Waals surface area contributed by atoms with Gasteiger partial charge in [-0.05, 0) is 0 Å². The second-order valence-corrected chi connectivity index (χ2v) is 0.700. The first-order chi connectivity index (χ1) is 2.77. The minimum absolute atomic E-state index is 0.252. The highest BCUT2D eigenvalue weighted by Crippen LogP contribution is 1.46. The van der Waals surface area contributed by atoms with E-state index in [1.165, 1.54) is 0 Å². The van der Waals surface area contributed by atoms with Crippen molar-refractivity contribution in [2.75, 3.05) is 0 Å². The third-order valence-corrected chi connectivity index (χ3v) is 0.197. The SMILES string of the molecule is N=C(N)/C=N/O. The summed E-state index contributed by atoms with van der Waals surface area (Å²) in [5.74, 6) is -0.252. The molecule has 0 aliphatic heterocycles.